The number of aldehydes is 1. The fourth-order valence-corrected chi connectivity index (χ4v) is 7.18. The molecule has 2 saturated heterocycles. The number of aliphatic hydroxyl groups excluding tert-OH is 1. The molecule has 2 bridgehead atoms. The van der Waals surface area contributed by atoms with Crippen molar-refractivity contribution in [1.82, 2.24) is 15.6 Å². The van der Waals surface area contributed by atoms with Crippen molar-refractivity contribution < 1.29 is 33.0 Å². The number of aromatic nitrogens is 1. The molecule has 1 aromatic carbocycles. The largest absolute Gasteiger partial charge is 0.448 e. The second kappa shape index (κ2) is 15.1. The zero-order valence-electron chi connectivity index (χ0n) is 24.8. The Labute approximate surface area is 252 Å². The van der Waals surface area contributed by atoms with Crippen LogP contribution in [0.5, 0.6) is 0 Å². The molecule has 234 valence electrons. The van der Waals surface area contributed by atoms with Gasteiger partial charge in [0.25, 0.3) is 5.91 Å². The van der Waals surface area contributed by atoms with Crippen molar-refractivity contribution in [3.63, 3.8) is 0 Å². The molecule has 1 aliphatic carbocycles. The van der Waals surface area contributed by atoms with Gasteiger partial charge in [-0.15, -0.1) is 0 Å². The number of oxazole rings is 1. The first kappa shape index (κ1) is 31.3. The molecule has 5 unspecified atom stereocenters. The molecule has 1 aromatic heterocycles. The van der Waals surface area contributed by atoms with Crippen LogP contribution in [0.1, 0.15) is 104 Å². The topological polar surface area (TPSA) is 131 Å². The highest BCUT2D eigenvalue weighted by Crippen LogP contribution is 2.50. The van der Waals surface area contributed by atoms with Crippen molar-refractivity contribution in [2.45, 2.75) is 108 Å². The van der Waals surface area contributed by atoms with Crippen LogP contribution in [-0.2, 0) is 27.2 Å². The minimum Gasteiger partial charge on any atom is -0.448 e. The molecule has 5 atom stereocenters. The third kappa shape index (κ3) is 8.09. The summed E-state index contributed by atoms with van der Waals surface area (Å²) < 4.78 is 26.5. The first-order valence-corrected chi connectivity index (χ1v) is 16.0. The monoisotopic (exact) mass is 597 g/mol. The number of rotatable bonds is 15. The Morgan fingerprint density at radius 1 is 1.09 bits per heavy atom. The molecule has 0 radical (unpaired) electrons. The number of nitrogens with one attached hydrogen (secondary N) is 2. The predicted molar refractivity (Wildman–Crippen MR) is 157 cm³/mol. The van der Waals surface area contributed by atoms with E-state index in [0.717, 1.165) is 42.7 Å². The minimum absolute atomic E-state index is 0.0173. The lowest BCUT2D eigenvalue weighted by Crippen LogP contribution is -2.38. The summed E-state index contributed by atoms with van der Waals surface area (Å²) in [6.07, 6.45) is 14.6. The fraction of sp³-hybridized carbons (Fsp3) is 0.636. The van der Waals surface area contributed by atoms with Gasteiger partial charge in [0.15, 0.2) is 5.69 Å². The van der Waals surface area contributed by atoms with Gasteiger partial charge < -0.3 is 29.7 Å². The van der Waals surface area contributed by atoms with Crippen LogP contribution in [0.3, 0.4) is 0 Å². The molecule has 3 N–H and O–H groups in total. The Balaban J connectivity index is 1.18. The first-order valence-electron chi connectivity index (χ1n) is 16.0. The fourth-order valence-electron chi connectivity index (χ4n) is 7.18. The van der Waals surface area contributed by atoms with Crippen LogP contribution in [0.4, 0.5) is 4.39 Å². The number of halogens is 1. The third-order valence-electron chi connectivity index (χ3n) is 9.47. The molecular weight excluding hydrogens is 553 g/mol. The van der Waals surface area contributed by atoms with Crippen LogP contribution in [-0.4, -0.2) is 59.6 Å². The maximum absolute atomic E-state index is 14.4. The molecule has 3 fully saturated rings. The zero-order chi connectivity index (χ0) is 30.2. The van der Waals surface area contributed by atoms with E-state index in [9.17, 15) is 18.8 Å². The Hall–Kier alpha value is -3.11. The number of fused-ring (bicyclic) bond motifs is 2. The Bertz CT molecular complexity index is 1240. The van der Waals surface area contributed by atoms with Gasteiger partial charge >= 0.3 is 0 Å². The molecule has 2 amide bonds. The van der Waals surface area contributed by atoms with Crippen LogP contribution in [0.2, 0.25) is 0 Å². The number of aryl methyl sites for hydroxylation is 1. The minimum atomic E-state index is -0.939. The number of unbranched alkanes of at least 4 members (excludes halogenated alkanes) is 1. The molecule has 2 aliphatic heterocycles. The van der Waals surface area contributed by atoms with E-state index < -0.39 is 12.6 Å². The number of amides is 2. The number of benzene rings is 1. The van der Waals surface area contributed by atoms with Crippen LogP contribution in [0, 0.1) is 17.7 Å². The van der Waals surface area contributed by atoms with Gasteiger partial charge in [0.2, 0.25) is 11.8 Å². The van der Waals surface area contributed by atoms with Gasteiger partial charge in [-0.25, -0.2) is 9.37 Å². The summed E-state index contributed by atoms with van der Waals surface area (Å²) >= 11 is 0. The highest BCUT2D eigenvalue weighted by atomic mass is 19.1. The highest BCUT2D eigenvalue weighted by Gasteiger charge is 2.51. The van der Waals surface area contributed by atoms with Crippen molar-refractivity contribution in [2.75, 3.05) is 13.2 Å². The van der Waals surface area contributed by atoms with E-state index in [1.165, 1.54) is 56.9 Å². The lowest BCUT2D eigenvalue weighted by molar-refractivity contribution is -0.124. The quantitative estimate of drug-likeness (QED) is 0.205. The van der Waals surface area contributed by atoms with Crippen molar-refractivity contribution in [2.24, 2.45) is 11.8 Å². The van der Waals surface area contributed by atoms with Crippen molar-refractivity contribution >= 4 is 18.1 Å². The number of carbonyl (C=O) groups excluding carboxylic acids is 3. The van der Waals surface area contributed by atoms with Gasteiger partial charge in [-0.05, 0) is 61.3 Å². The van der Waals surface area contributed by atoms with E-state index in [1.54, 1.807) is 6.07 Å². The predicted octanol–water partition coefficient (Wildman–Crippen LogP) is 4.41. The van der Waals surface area contributed by atoms with Crippen LogP contribution in [0.25, 0.3) is 0 Å². The molecule has 43 heavy (non-hydrogen) atoms. The highest BCUT2D eigenvalue weighted by molar-refractivity contribution is 5.91. The smallest absolute Gasteiger partial charge is 0.273 e. The van der Waals surface area contributed by atoms with Gasteiger partial charge in [0, 0.05) is 18.9 Å². The van der Waals surface area contributed by atoms with Gasteiger partial charge in [0.05, 0.1) is 24.7 Å². The number of aliphatic hydroxyl groups is 1. The summed E-state index contributed by atoms with van der Waals surface area (Å²) in [5.41, 5.74) is 1.88. The van der Waals surface area contributed by atoms with Gasteiger partial charge in [-0.2, -0.15) is 0 Å². The Morgan fingerprint density at radius 3 is 2.70 bits per heavy atom. The lowest BCUT2D eigenvalue weighted by Gasteiger charge is -2.26. The Kier molecular flexibility index (Phi) is 11.0. The number of carbonyl (C=O) groups is 3. The number of hydrogen-bond acceptors (Lipinski definition) is 7. The summed E-state index contributed by atoms with van der Waals surface area (Å²) in [5.74, 6) is 0.175. The molecule has 3 aliphatic rings. The Morgan fingerprint density at radius 2 is 1.91 bits per heavy atom. The van der Waals surface area contributed by atoms with Crippen LogP contribution in [0.15, 0.2) is 28.9 Å². The van der Waals surface area contributed by atoms with Crippen molar-refractivity contribution in [3.05, 3.63) is 53.0 Å². The average Bonchev–Trinajstić information content (AvgIpc) is 3.77. The van der Waals surface area contributed by atoms with Crippen molar-refractivity contribution in [1.29, 1.82) is 0 Å². The summed E-state index contributed by atoms with van der Waals surface area (Å²) in [4.78, 5) is 40.6. The van der Waals surface area contributed by atoms with Gasteiger partial charge in [-0.3, -0.25) is 9.59 Å². The first-order chi connectivity index (χ1) is 20.9. The van der Waals surface area contributed by atoms with Gasteiger partial charge in [0.1, 0.15) is 24.4 Å². The van der Waals surface area contributed by atoms with E-state index in [4.69, 9.17) is 14.3 Å². The molecule has 9 nitrogen and oxygen atoms in total. The van der Waals surface area contributed by atoms with Crippen molar-refractivity contribution in [3.8, 4) is 0 Å². The molecule has 1 saturated carbocycles. The zero-order valence-corrected chi connectivity index (χ0v) is 24.8. The standard InChI is InChI=1S/C33H44FN3O6/c34-24-11-9-22(10-14-30(40)36-25(18-38)19-39)23(16-24)17-26-28-12-13-29(43-28)31(26)33-37-27(20-42-33)32(41)35-15-5-4-8-21-6-2-1-3-7-21/h9,11,16,18,20-21,25-26,28-29,31,39H,1-8,10,12-15,17,19H2,(H,35,41)(H,36,40). The average molecular weight is 598 g/mol. The summed E-state index contributed by atoms with van der Waals surface area (Å²) in [6, 6.07) is 3.63. The molecule has 5 rings (SSSR count). The number of nitrogens with zero attached hydrogens (tertiary/aromatic N) is 1. The molecule has 2 aromatic rings. The summed E-state index contributed by atoms with van der Waals surface area (Å²) in [5, 5.41) is 14.6. The van der Waals surface area contributed by atoms with E-state index in [-0.39, 0.29) is 53.8 Å². The lowest BCUT2D eigenvalue weighted by atomic mass is 9.75. The normalized spacial score (nSPS) is 24.1. The van der Waals surface area contributed by atoms with E-state index in [0.29, 0.717) is 31.6 Å². The SMILES string of the molecule is O=CC(CO)NC(=O)CCc1ccc(F)cc1CC1C2CCC(O2)C1c1nc(C(=O)NCCCCC2CCCCC2)co1. The van der Waals surface area contributed by atoms with Crippen LogP contribution >= 0.6 is 0 Å². The molecule has 10 heteroatoms. The molecule has 0 spiro atoms. The number of ether oxygens (including phenoxy) is 1. The molecular formula is C33H44FN3O6. The summed E-state index contributed by atoms with van der Waals surface area (Å²) in [6.45, 7) is 0.150. The van der Waals surface area contributed by atoms with E-state index in [1.807, 2.05) is 0 Å². The summed E-state index contributed by atoms with van der Waals surface area (Å²) in [7, 11) is 0. The number of hydrogen-bond donors (Lipinski definition) is 3. The van der Waals surface area contributed by atoms with E-state index in [2.05, 4.69) is 15.6 Å². The second-order valence-electron chi connectivity index (χ2n) is 12.4. The van der Waals surface area contributed by atoms with E-state index >= 15 is 0 Å². The second-order valence-corrected chi connectivity index (χ2v) is 12.4. The maximum atomic E-state index is 14.4. The molecule has 3 heterocycles. The maximum Gasteiger partial charge on any atom is 0.273 e. The van der Waals surface area contributed by atoms with Gasteiger partial charge in [-0.1, -0.05) is 51.0 Å². The van der Waals surface area contributed by atoms with Crippen LogP contribution < -0.4 is 10.6 Å². The third-order valence-corrected chi connectivity index (χ3v) is 9.47.